The lowest BCUT2D eigenvalue weighted by atomic mass is 10.1. The first-order chi connectivity index (χ1) is 31.0. The van der Waals surface area contributed by atoms with Gasteiger partial charge in [-0.25, -0.2) is 0 Å². The van der Waals surface area contributed by atoms with Crippen molar-refractivity contribution in [1.29, 1.82) is 0 Å². The van der Waals surface area contributed by atoms with E-state index in [1.807, 2.05) is 0 Å². The fourth-order valence-electron chi connectivity index (χ4n) is 7.17. The minimum Gasteiger partial charge on any atom is -0.462 e. The first-order valence-electron chi connectivity index (χ1n) is 26.4. The van der Waals surface area contributed by atoms with Crippen molar-refractivity contribution in [2.45, 2.75) is 258 Å². The average molecular weight is 879 g/mol. The van der Waals surface area contributed by atoms with E-state index in [0.29, 0.717) is 19.3 Å². The monoisotopic (exact) mass is 879 g/mol. The minimum atomic E-state index is -0.799. The summed E-state index contributed by atoms with van der Waals surface area (Å²) in [6.07, 6.45) is 64.6. The number of esters is 3. The lowest BCUT2D eigenvalue weighted by molar-refractivity contribution is -0.167. The lowest BCUT2D eigenvalue weighted by Gasteiger charge is -2.18. The third-order valence-corrected chi connectivity index (χ3v) is 11.2. The van der Waals surface area contributed by atoms with Crippen molar-refractivity contribution in [2.75, 3.05) is 13.2 Å². The normalized spacial score (nSPS) is 12.6. The van der Waals surface area contributed by atoms with Crippen LogP contribution < -0.4 is 0 Å². The van der Waals surface area contributed by atoms with Crippen LogP contribution in [0.1, 0.15) is 252 Å². The van der Waals surface area contributed by atoms with Gasteiger partial charge >= 0.3 is 17.9 Å². The second kappa shape index (κ2) is 51.5. The molecule has 0 heterocycles. The summed E-state index contributed by atoms with van der Waals surface area (Å²) in [5, 5.41) is 0. The van der Waals surface area contributed by atoms with E-state index >= 15 is 0 Å². The number of unbranched alkanes of at least 4 members (excludes halogenated alkanes) is 24. The van der Waals surface area contributed by atoms with Crippen molar-refractivity contribution in [3.05, 3.63) is 72.9 Å². The largest absolute Gasteiger partial charge is 0.462 e. The van der Waals surface area contributed by atoms with E-state index < -0.39 is 6.10 Å². The van der Waals surface area contributed by atoms with E-state index in [-0.39, 0.29) is 37.5 Å². The van der Waals surface area contributed by atoms with Crippen LogP contribution in [0.4, 0.5) is 0 Å². The molecule has 1 atom stereocenters. The summed E-state index contributed by atoms with van der Waals surface area (Å²) < 4.78 is 16.7. The minimum absolute atomic E-state index is 0.0942. The van der Waals surface area contributed by atoms with Crippen LogP contribution in [-0.2, 0) is 28.6 Å². The topological polar surface area (TPSA) is 78.9 Å². The molecule has 6 nitrogen and oxygen atoms in total. The Morgan fingerprint density at radius 3 is 0.984 bits per heavy atom. The molecule has 0 bridgehead atoms. The maximum atomic E-state index is 12.8. The van der Waals surface area contributed by atoms with Crippen LogP contribution in [0.25, 0.3) is 0 Å². The van der Waals surface area contributed by atoms with E-state index in [1.165, 1.54) is 128 Å². The molecule has 0 amide bonds. The van der Waals surface area contributed by atoms with Crippen molar-refractivity contribution in [1.82, 2.24) is 0 Å². The molecule has 0 aliphatic carbocycles. The molecule has 0 saturated heterocycles. The Balaban J connectivity index is 4.46. The first kappa shape index (κ1) is 59.9. The van der Waals surface area contributed by atoms with Gasteiger partial charge in [-0.15, -0.1) is 0 Å². The number of carbonyl (C=O) groups is 3. The van der Waals surface area contributed by atoms with E-state index in [1.54, 1.807) is 0 Å². The Morgan fingerprint density at radius 2 is 0.587 bits per heavy atom. The summed E-state index contributed by atoms with van der Waals surface area (Å²) in [5.74, 6) is -0.959. The highest BCUT2D eigenvalue weighted by atomic mass is 16.6. The molecule has 0 aliphatic rings. The molecule has 0 spiro atoms. The molecule has 63 heavy (non-hydrogen) atoms. The zero-order chi connectivity index (χ0) is 45.8. The van der Waals surface area contributed by atoms with Crippen LogP contribution in [0.15, 0.2) is 72.9 Å². The quantitative estimate of drug-likeness (QED) is 0.0262. The van der Waals surface area contributed by atoms with Gasteiger partial charge in [0.2, 0.25) is 0 Å². The molecule has 0 saturated carbocycles. The van der Waals surface area contributed by atoms with Crippen molar-refractivity contribution in [3.8, 4) is 0 Å². The van der Waals surface area contributed by atoms with Crippen LogP contribution in [-0.4, -0.2) is 37.2 Å². The van der Waals surface area contributed by atoms with Gasteiger partial charge in [0.15, 0.2) is 6.10 Å². The van der Waals surface area contributed by atoms with Crippen molar-refractivity contribution in [3.63, 3.8) is 0 Å². The van der Waals surface area contributed by atoms with Crippen LogP contribution in [0.5, 0.6) is 0 Å². The zero-order valence-electron chi connectivity index (χ0n) is 41.3. The molecule has 0 fully saturated rings. The van der Waals surface area contributed by atoms with Crippen LogP contribution in [0.3, 0.4) is 0 Å². The number of ether oxygens (including phenoxy) is 3. The van der Waals surface area contributed by atoms with Gasteiger partial charge in [0.1, 0.15) is 13.2 Å². The molecule has 362 valence electrons. The Hall–Kier alpha value is -3.15. The zero-order valence-corrected chi connectivity index (χ0v) is 41.3. The maximum absolute atomic E-state index is 12.8. The molecular formula is C57H98O6. The van der Waals surface area contributed by atoms with Gasteiger partial charge in [0.25, 0.3) is 0 Å². The van der Waals surface area contributed by atoms with Crippen LogP contribution >= 0.6 is 0 Å². The standard InChI is InChI=1S/C57H98O6/c1-4-7-10-13-16-19-22-24-26-28-30-32-35-38-41-44-47-50-56(59)62-53-54(52-61-55(58)49-46-43-40-37-34-21-18-15-12-9-6-3)63-57(60)51-48-45-42-39-36-33-31-29-27-25-23-20-17-14-11-8-5-2/h16-17,19-20,24-27,30,32,38,41,54H,4-15,18,21-23,28-29,31,33-37,39-40,42-53H2,1-3H3/b19-16-,20-17-,26-24-,27-25-,32-30-,41-38-. The Bertz CT molecular complexity index is 1190. The van der Waals surface area contributed by atoms with E-state index in [2.05, 4.69) is 93.7 Å². The summed E-state index contributed by atoms with van der Waals surface area (Å²) in [6, 6.07) is 0. The third kappa shape index (κ3) is 49.7. The Morgan fingerprint density at radius 1 is 0.317 bits per heavy atom. The SMILES string of the molecule is CCCCC/C=C\C/C=C\C/C=C\C/C=C\CCCC(=O)OCC(COC(=O)CCCCCCCCCCCCC)OC(=O)CCCCCCCCC/C=C\C/C=C\CCCCC. The highest BCUT2D eigenvalue weighted by Gasteiger charge is 2.19. The smallest absolute Gasteiger partial charge is 0.306 e. The van der Waals surface area contributed by atoms with Crippen molar-refractivity contribution < 1.29 is 28.6 Å². The summed E-state index contributed by atoms with van der Waals surface area (Å²) in [7, 11) is 0. The summed E-state index contributed by atoms with van der Waals surface area (Å²) in [6.45, 7) is 6.53. The fourth-order valence-corrected chi connectivity index (χ4v) is 7.17. The molecule has 6 heteroatoms. The number of allylic oxidation sites excluding steroid dienone is 12. The second-order valence-corrected chi connectivity index (χ2v) is 17.4. The van der Waals surface area contributed by atoms with Gasteiger partial charge in [-0.05, 0) is 89.9 Å². The molecule has 1 unspecified atom stereocenters. The number of rotatable bonds is 47. The van der Waals surface area contributed by atoms with Crippen LogP contribution in [0, 0.1) is 0 Å². The number of hydrogen-bond donors (Lipinski definition) is 0. The molecule has 0 N–H and O–H groups in total. The Labute approximate surface area is 389 Å². The molecule has 0 aromatic heterocycles. The Kier molecular flexibility index (Phi) is 48.9. The fraction of sp³-hybridized carbons (Fsp3) is 0.737. The van der Waals surface area contributed by atoms with Gasteiger partial charge in [0.05, 0.1) is 0 Å². The molecular weight excluding hydrogens is 781 g/mol. The summed E-state index contributed by atoms with van der Waals surface area (Å²) >= 11 is 0. The van der Waals surface area contributed by atoms with E-state index in [4.69, 9.17) is 14.2 Å². The number of carbonyl (C=O) groups excluding carboxylic acids is 3. The predicted octanol–water partition coefficient (Wildman–Crippen LogP) is 17.4. The van der Waals surface area contributed by atoms with Gasteiger partial charge in [-0.3, -0.25) is 14.4 Å². The molecule has 0 aromatic rings. The van der Waals surface area contributed by atoms with Crippen molar-refractivity contribution >= 4 is 17.9 Å². The van der Waals surface area contributed by atoms with Crippen molar-refractivity contribution in [2.24, 2.45) is 0 Å². The lowest BCUT2D eigenvalue weighted by Crippen LogP contribution is -2.30. The molecule has 0 rings (SSSR count). The van der Waals surface area contributed by atoms with E-state index in [9.17, 15) is 14.4 Å². The second-order valence-electron chi connectivity index (χ2n) is 17.4. The average Bonchev–Trinajstić information content (AvgIpc) is 3.28. The number of hydrogen-bond acceptors (Lipinski definition) is 6. The first-order valence-corrected chi connectivity index (χ1v) is 26.4. The van der Waals surface area contributed by atoms with Gasteiger partial charge in [-0.1, -0.05) is 216 Å². The molecule has 0 aromatic carbocycles. The molecule has 0 radical (unpaired) electrons. The van der Waals surface area contributed by atoms with Gasteiger partial charge in [0, 0.05) is 19.3 Å². The molecule has 0 aliphatic heterocycles. The van der Waals surface area contributed by atoms with Crippen LogP contribution in [0.2, 0.25) is 0 Å². The van der Waals surface area contributed by atoms with E-state index in [0.717, 1.165) is 77.0 Å². The maximum Gasteiger partial charge on any atom is 0.306 e. The van der Waals surface area contributed by atoms with Gasteiger partial charge < -0.3 is 14.2 Å². The summed E-state index contributed by atoms with van der Waals surface area (Å²) in [4.78, 5) is 38.0. The highest BCUT2D eigenvalue weighted by Crippen LogP contribution is 2.14. The predicted molar refractivity (Wildman–Crippen MR) is 270 cm³/mol. The van der Waals surface area contributed by atoms with Gasteiger partial charge in [-0.2, -0.15) is 0 Å². The third-order valence-electron chi connectivity index (χ3n) is 11.2. The highest BCUT2D eigenvalue weighted by molar-refractivity contribution is 5.71. The summed E-state index contributed by atoms with van der Waals surface area (Å²) in [5.41, 5.74) is 0.